The highest BCUT2D eigenvalue weighted by Crippen LogP contribution is 2.26. The zero-order valence-electron chi connectivity index (χ0n) is 13.3. The molecule has 0 aliphatic heterocycles. The summed E-state index contributed by atoms with van der Waals surface area (Å²) in [6.07, 6.45) is 5.36. The Morgan fingerprint density at radius 2 is 1.91 bits per heavy atom. The molecule has 23 heavy (non-hydrogen) atoms. The minimum atomic E-state index is 0.571. The van der Waals surface area contributed by atoms with E-state index in [9.17, 15) is 0 Å². The fourth-order valence-electron chi connectivity index (χ4n) is 2.10. The molecule has 2 rings (SSSR count). The van der Waals surface area contributed by atoms with E-state index >= 15 is 0 Å². The number of ether oxygens (including phenoxy) is 1. The highest BCUT2D eigenvalue weighted by atomic mass is 35.5. The average Bonchev–Trinajstić information content (AvgIpc) is 2.57. The van der Waals surface area contributed by atoms with E-state index in [1.807, 2.05) is 43.3 Å². The van der Waals surface area contributed by atoms with E-state index in [-0.39, 0.29) is 0 Å². The third kappa shape index (κ3) is 6.35. The summed E-state index contributed by atoms with van der Waals surface area (Å²) in [6, 6.07) is 16.3. The van der Waals surface area contributed by atoms with Crippen LogP contribution >= 0.6 is 11.6 Å². The molecule has 4 heteroatoms. The molecule has 0 heterocycles. The van der Waals surface area contributed by atoms with Crippen molar-refractivity contribution in [2.45, 2.75) is 19.8 Å². The maximum atomic E-state index is 6.30. The first-order chi connectivity index (χ1) is 11.3. The van der Waals surface area contributed by atoms with Crippen molar-refractivity contribution in [3.05, 3.63) is 77.0 Å². The van der Waals surface area contributed by atoms with E-state index in [0.717, 1.165) is 18.6 Å². The third-order valence-electron chi connectivity index (χ3n) is 3.20. The molecule has 0 bridgehead atoms. The normalized spacial score (nSPS) is 10.9. The van der Waals surface area contributed by atoms with E-state index < -0.39 is 0 Å². The number of halogens is 1. The average molecular weight is 332 g/mol. The molecule has 0 saturated carbocycles. The molecule has 0 aromatic heterocycles. The largest absolute Gasteiger partial charge is 0.492 e. The number of benzene rings is 2. The van der Waals surface area contributed by atoms with Crippen molar-refractivity contribution >= 4 is 11.6 Å². The molecule has 2 aromatic carbocycles. The van der Waals surface area contributed by atoms with Gasteiger partial charge in [0, 0.05) is 12.6 Å². The highest BCUT2D eigenvalue weighted by Gasteiger charge is 2.03. The molecule has 0 spiro atoms. The number of hydrogen-bond acceptors (Lipinski definition) is 3. The van der Waals surface area contributed by atoms with Crippen molar-refractivity contribution < 1.29 is 9.57 Å². The topological polar surface area (TPSA) is 30.5 Å². The van der Waals surface area contributed by atoms with Crippen LogP contribution in [-0.4, -0.2) is 13.2 Å². The van der Waals surface area contributed by atoms with Crippen molar-refractivity contribution in [2.75, 3.05) is 13.2 Å². The molecule has 3 nitrogen and oxygen atoms in total. The lowest BCUT2D eigenvalue weighted by Gasteiger charge is -2.09. The first-order valence-corrected chi connectivity index (χ1v) is 8.15. The van der Waals surface area contributed by atoms with E-state index in [4.69, 9.17) is 21.2 Å². The van der Waals surface area contributed by atoms with Crippen LogP contribution in [0.15, 0.2) is 60.8 Å². The number of nitrogens with one attached hydrogen (secondary N) is 1. The number of rotatable bonds is 9. The molecule has 122 valence electrons. The van der Waals surface area contributed by atoms with Gasteiger partial charge in [0.2, 0.25) is 0 Å². The molecule has 0 aliphatic carbocycles. The summed E-state index contributed by atoms with van der Waals surface area (Å²) in [7, 11) is 0. The molecular formula is C19H22ClNO2. The van der Waals surface area contributed by atoms with Crippen LogP contribution in [0.3, 0.4) is 0 Å². The standard InChI is InChI=1S/C19H22ClNO2/c1-2-23-21-12-6-7-13-22-19-11-10-17(15-18(19)20)14-16-8-4-3-5-9-16/h3-6,8-12,15,21H,2,7,13-14H2,1H3. The minimum Gasteiger partial charge on any atom is -0.492 e. The Hall–Kier alpha value is -1.97. The summed E-state index contributed by atoms with van der Waals surface area (Å²) < 4.78 is 5.70. The summed E-state index contributed by atoms with van der Waals surface area (Å²) in [5.41, 5.74) is 5.16. The molecular weight excluding hydrogens is 310 g/mol. The second-order valence-electron chi connectivity index (χ2n) is 5.02. The van der Waals surface area contributed by atoms with Crippen LogP contribution in [0.4, 0.5) is 0 Å². The molecule has 1 N–H and O–H groups in total. The second kappa shape index (κ2) is 9.93. The molecule has 0 saturated heterocycles. The predicted octanol–water partition coefficient (Wildman–Crippen LogP) is 4.75. The Kier molecular flexibility index (Phi) is 7.50. The quantitative estimate of drug-likeness (QED) is 0.531. The fraction of sp³-hybridized carbons (Fsp3) is 0.263. The van der Waals surface area contributed by atoms with Gasteiger partial charge in [-0.05, 0) is 36.6 Å². The van der Waals surface area contributed by atoms with Gasteiger partial charge in [-0.15, -0.1) is 0 Å². The Morgan fingerprint density at radius 3 is 2.65 bits per heavy atom. The number of hydroxylamine groups is 1. The first-order valence-electron chi connectivity index (χ1n) is 7.77. The van der Waals surface area contributed by atoms with E-state index in [2.05, 4.69) is 23.7 Å². The van der Waals surface area contributed by atoms with Crippen molar-refractivity contribution in [1.29, 1.82) is 0 Å². The Bertz CT molecular complexity index is 614. The van der Waals surface area contributed by atoms with Crippen LogP contribution in [-0.2, 0) is 11.3 Å². The molecule has 0 unspecified atom stereocenters. The van der Waals surface area contributed by atoms with Gasteiger partial charge in [0.25, 0.3) is 0 Å². The van der Waals surface area contributed by atoms with E-state index in [1.165, 1.54) is 11.1 Å². The second-order valence-corrected chi connectivity index (χ2v) is 5.42. The fourth-order valence-corrected chi connectivity index (χ4v) is 2.36. The summed E-state index contributed by atoms with van der Waals surface area (Å²) in [6.45, 7) is 3.13. The summed E-state index contributed by atoms with van der Waals surface area (Å²) in [4.78, 5) is 4.98. The van der Waals surface area contributed by atoms with Crippen LogP contribution in [0.1, 0.15) is 24.5 Å². The van der Waals surface area contributed by atoms with Gasteiger partial charge in [-0.1, -0.05) is 54.1 Å². The lowest BCUT2D eigenvalue weighted by Crippen LogP contribution is -2.05. The minimum absolute atomic E-state index is 0.571. The lowest BCUT2D eigenvalue weighted by molar-refractivity contribution is 0.0823. The van der Waals surface area contributed by atoms with Gasteiger partial charge in [0.1, 0.15) is 5.75 Å². The van der Waals surface area contributed by atoms with Crippen molar-refractivity contribution in [2.24, 2.45) is 0 Å². The zero-order valence-corrected chi connectivity index (χ0v) is 14.1. The molecule has 0 atom stereocenters. The maximum Gasteiger partial charge on any atom is 0.137 e. The zero-order chi connectivity index (χ0) is 16.3. The maximum absolute atomic E-state index is 6.30. The van der Waals surface area contributed by atoms with Crippen molar-refractivity contribution in [3.63, 3.8) is 0 Å². The monoisotopic (exact) mass is 331 g/mol. The van der Waals surface area contributed by atoms with Gasteiger partial charge in [0.15, 0.2) is 0 Å². The third-order valence-corrected chi connectivity index (χ3v) is 3.50. The first kappa shape index (κ1) is 17.4. The van der Waals surface area contributed by atoms with E-state index in [1.54, 1.807) is 6.20 Å². The van der Waals surface area contributed by atoms with Crippen molar-refractivity contribution in [3.8, 4) is 5.75 Å². The van der Waals surface area contributed by atoms with Gasteiger partial charge in [-0.2, -0.15) is 0 Å². The van der Waals surface area contributed by atoms with Crippen LogP contribution in [0, 0.1) is 0 Å². The predicted molar refractivity (Wildman–Crippen MR) is 94.7 cm³/mol. The summed E-state index contributed by atoms with van der Waals surface area (Å²) >= 11 is 6.30. The van der Waals surface area contributed by atoms with Crippen LogP contribution < -0.4 is 10.2 Å². The Balaban J connectivity index is 1.81. The van der Waals surface area contributed by atoms with Crippen molar-refractivity contribution in [1.82, 2.24) is 5.48 Å². The van der Waals surface area contributed by atoms with E-state index in [0.29, 0.717) is 18.2 Å². The summed E-state index contributed by atoms with van der Waals surface area (Å²) in [5.74, 6) is 0.717. The molecule has 0 radical (unpaired) electrons. The van der Waals surface area contributed by atoms with Gasteiger partial charge >= 0.3 is 0 Å². The number of hydrogen-bond donors (Lipinski definition) is 1. The molecule has 0 aliphatic rings. The highest BCUT2D eigenvalue weighted by molar-refractivity contribution is 6.32. The van der Waals surface area contributed by atoms with Crippen LogP contribution in [0.2, 0.25) is 5.02 Å². The molecule has 0 fully saturated rings. The van der Waals surface area contributed by atoms with Crippen LogP contribution in [0.25, 0.3) is 0 Å². The Morgan fingerprint density at radius 1 is 1.09 bits per heavy atom. The molecule has 2 aromatic rings. The SMILES string of the molecule is CCONC=CCCOc1ccc(Cc2ccccc2)cc1Cl. The summed E-state index contributed by atoms with van der Waals surface area (Å²) in [5, 5.41) is 0.648. The van der Waals surface area contributed by atoms with Gasteiger partial charge in [-0.3, -0.25) is 10.3 Å². The van der Waals surface area contributed by atoms with Gasteiger partial charge < -0.3 is 4.74 Å². The smallest absolute Gasteiger partial charge is 0.137 e. The van der Waals surface area contributed by atoms with Gasteiger partial charge in [0.05, 0.1) is 18.2 Å². The van der Waals surface area contributed by atoms with Crippen LogP contribution in [0.5, 0.6) is 5.75 Å². The lowest BCUT2D eigenvalue weighted by atomic mass is 10.1. The van der Waals surface area contributed by atoms with Gasteiger partial charge in [-0.25, -0.2) is 0 Å². The Labute approximate surface area is 142 Å². The molecule has 0 amide bonds.